The normalized spacial score (nSPS) is 11.0. The van der Waals surface area contributed by atoms with Gasteiger partial charge in [0.1, 0.15) is 16.6 Å². The number of hydrogen-bond donors (Lipinski definition) is 1. The summed E-state index contributed by atoms with van der Waals surface area (Å²) in [5, 5.41) is 12.4. The van der Waals surface area contributed by atoms with Gasteiger partial charge in [-0.15, -0.1) is 5.10 Å². The van der Waals surface area contributed by atoms with Crippen molar-refractivity contribution in [2.24, 2.45) is 0 Å². The topological polar surface area (TPSA) is 47.0 Å². The highest BCUT2D eigenvalue weighted by Gasteiger charge is 2.08. The van der Waals surface area contributed by atoms with Gasteiger partial charge in [-0.05, 0) is 28.1 Å². The maximum absolute atomic E-state index is 13.3. The maximum Gasteiger partial charge on any atom is 0.299 e. The van der Waals surface area contributed by atoms with Crippen LogP contribution in [-0.4, -0.2) is 16.2 Å². The SMILES string of the molecule is CC(C)NCc1nnc(Oc2ccc(Br)c(F)c2)s1. The lowest BCUT2D eigenvalue weighted by Gasteiger charge is -2.03. The number of aromatic nitrogens is 2. The summed E-state index contributed by atoms with van der Waals surface area (Å²) in [5.41, 5.74) is 0. The highest BCUT2D eigenvalue weighted by Crippen LogP contribution is 2.27. The van der Waals surface area contributed by atoms with Gasteiger partial charge in [-0.1, -0.05) is 30.3 Å². The molecule has 0 aliphatic carbocycles. The van der Waals surface area contributed by atoms with Crippen LogP contribution >= 0.6 is 27.3 Å². The molecule has 7 heteroatoms. The molecule has 0 aliphatic heterocycles. The van der Waals surface area contributed by atoms with E-state index in [9.17, 15) is 4.39 Å². The molecular weight excluding hydrogens is 333 g/mol. The maximum atomic E-state index is 13.3. The van der Waals surface area contributed by atoms with E-state index >= 15 is 0 Å². The third kappa shape index (κ3) is 4.22. The Morgan fingerprint density at radius 2 is 2.21 bits per heavy atom. The third-order valence-corrected chi connectivity index (χ3v) is 3.65. The second-order valence-electron chi connectivity index (χ2n) is 4.18. The Kier molecular flexibility index (Phi) is 4.84. The first kappa shape index (κ1) is 14.4. The minimum Gasteiger partial charge on any atom is -0.430 e. The van der Waals surface area contributed by atoms with Crippen LogP contribution in [0, 0.1) is 5.82 Å². The summed E-state index contributed by atoms with van der Waals surface area (Å²) in [6.45, 7) is 4.76. The largest absolute Gasteiger partial charge is 0.430 e. The van der Waals surface area contributed by atoms with Crippen LogP contribution in [0.4, 0.5) is 4.39 Å². The standard InChI is InChI=1S/C12H13BrFN3OS/c1-7(2)15-6-11-16-17-12(19-11)18-8-3-4-9(13)10(14)5-8/h3-5,7,15H,6H2,1-2H3. The van der Waals surface area contributed by atoms with E-state index in [0.717, 1.165) is 5.01 Å². The van der Waals surface area contributed by atoms with Crippen molar-refractivity contribution < 1.29 is 9.13 Å². The third-order valence-electron chi connectivity index (χ3n) is 2.21. The molecule has 19 heavy (non-hydrogen) atoms. The van der Waals surface area contributed by atoms with E-state index in [0.29, 0.717) is 28.0 Å². The summed E-state index contributed by atoms with van der Waals surface area (Å²) >= 11 is 4.43. The molecule has 0 unspecified atom stereocenters. The number of nitrogens with one attached hydrogen (secondary N) is 1. The molecule has 0 radical (unpaired) electrons. The molecule has 102 valence electrons. The molecule has 0 aliphatic rings. The average Bonchev–Trinajstić information content (AvgIpc) is 2.79. The Labute approximate surface area is 123 Å². The quantitative estimate of drug-likeness (QED) is 0.896. The lowest BCUT2D eigenvalue weighted by molar-refractivity contribution is 0.467. The van der Waals surface area contributed by atoms with Crippen LogP contribution in [0.1, 0.15) is 18.9 Å². The van der Waals surface area contributed by atoms with Crippen LogP contribution in [0.3, 0.4) is 0 Å². The van der Waals surface area contributed by atoms with Crippen molar-refractivity contribution in [3.8, 4) is 10.9 Å². The van der Waals surface area contributed by atoms with Crippen molar-refractivity contribution in [3.63, 3.8) is 0 Å². The Hall–Kier alpha value is -1.05. The molecule has 1 aromatic carbocycles. The fraction of sp³-hybridized carbons (Fsp3) is 0.333. The molecule has 2 aromatic rings. The predicted octanol–water partition coefficient (Wildman–Crippen LogP) is 3.73. The van der Waals surface area contributed by atoms with Crippen molar-refractivity contribution in [1.29, 1.82) is 0 Å². The number of benzene rings is 1. The molecule has 0 saturated heterocycles. The lowest BCUT2D eigenvalue weighted by atomic mass is 10.3. The zero-order valence-corrected chi connectivity index (χ0v) is 12.9. The Morgan fingerprint density at radius 3 is 2.89 bits per heavy atom. The predicted molar refractivity (Wildman–Crippen MR) is 76.1 cm³/mol. The van der Waals surface area contributed by atoms with Gasteiger partial charge in [-0.3, -0.25) is 0 Å². The van der Waals surface area contributed by atoms with Gasteiger partial charge in [0.2, 0.25) is 0 Å². The van der Waals surface area contributed by atoms with Crippen molar-refractivity contribution in [2.75, 3.05) is 0 Å². The molecule has 1 aromatic heterocycles. The molecule has 0 amide bonds. The first-order valence-corrected chi connectivity index (χ1v) is 7.34. The first-order valence-electron chi connectivity index (χ1n) is 5.73. The van der Waals surface area contributed by atoms with Gasteiger partial charge in [-0.25, -0.2) is 4.39 Å². The summed E-state index contributed by atoms with van der Waals surface area (Å²) in [4.78, 5) is 0. The van der Waals surface area contributed by atoms with Crippen LogP contribution < -0.4 is 10.1 Å². The van der Waals surface area contributed by atoms with Gasteiger partial charge in [0.15, 0.2) is 0 Å². The van der Waals surface area contributed by atoms with E-state index in [1.165, 1.54) is 17.4 Å². The van der Waals surface area contributed by atoms with Gasteiger partial charge in [-0.2, -0.15) is 0 Å². The minimum absolute atomic E-state index is 0.372. The van der Waals surface area contributed by atoms with E-state index in [1.807, 2.05) is 0 Å². The second kappa shape index (κ2) is 6.40. The van der Waals surface area contributed by atoms with Gasteiger partial charge in [0.25, 0.3) is 5.19 Å². The van der Waals surface area contributed by atoms with Gasteiger partial charge >= 0.3 is 0 Å². The fourth-order valence-electron chi connectivity index (χ4n) is 1.28. The molecule has 1 heterocycles. The smallest absolute Gasteiger partial charge is 0.299 e. The van der Waals surface area contributed by atoms with Crippen molar-refractivity contribution in [3.05, 3.63) is 33.5 Å². The molecule has 0 fully saturated rings. The zero-order valence-electron chi connectivity index (χ0n) is 10.5. The van der Waals surface area contributed by atoms with Crippen LogP contribution in [0.25, 0.3) is 0 Å². The second-order valence-corrected chi connectivity index (χ2v) is 6.05. The first-order chi connectivity index (χ1) is 9.04. The molecule has 2 rings (SSSR count). The summed E-state index contributed by atoms with van der Waals surface area (Å²) in [5.74, 6) is 0.0314. The minimum atomic E-state index is -0.372. The molecule has 0 atom stereocenters. The number of hydrogen-bond acceptors (Lipinski definition) is 5. The number of nitrogens with zero attached hydrogens (tertiary/aromatic N) is 2. The molecular formula is C12H13BrFN3OS. The van der Waals surface area contributed by atoms with Gasteiger partial charge in [0, 0.05) is 12.1 Å². The lowest BCUT2D eigenvalue weighted by Crippen LogP contribution is -2.21. The van der Waals surface area contributed by atoms with Crippen molar-refractivity contribution in [1.82, 2.24) is 15.5 Å². The Balaban J connectivity index is 2.01. The number of rotatable bonds is 5. The molecule has 0 saturated carbocycles. The zero-order chi connectivity index (χ0) is 13.8. The Morgan fingerprint density at radius 1 is 1.42 bits per heavy atom. The van der Waals surface area contributed by atoms with Crippen LogP contribution in [-0.2, 0) is 6.54 Å². The number of ether oxygens (including phenoxy) is 1. The summed E-state index contributed by atoms with van der Waals surface area (Å²) in [6, 6.07) is 4.94. The van der Waals surface area contributed by atoms with E-state index in [-0.39, 0.29) is 5.82 Å². The molecule has 0 spiro atoms. The van der Waals surface area contributed by atoms with Crippen molar-refractivity contribution >= 4 is 27.3 Å². The van der Waals surface area contributed by atoms with E-state index in [1.54, 1.807) is 12.1 Å². The van der Waals surface area contributed by atoms with Crippen molar-refractivity contribution in [2.45, 2.75) is 26.4 Å². The van der Waals surface area contributed by atoms with Crippen LogP contribution in [0.15, 0.2) is 22.7 Å². The van der Waals surface area contributed by atoms with E-state index in [4.69, 9.17) is 4.74 Å². The van der Waals surface area contributed by atoms with Gasteiger partial charge < -0.3 is 10.1 Å². The van der Waals surface area contributed by atoms with Crippen LogP contribution in [0.5, 0.6) is 10.9 Å². The van der Waals surface area contributed by atoms with E-state index in [2.05, 4.69) is 45.3 Å². The summed E-state index contributed by atoms with van der Waals surface area (Å²) in [6.07, 6.45) is 0. The summed E-state index contributed by atoms with van der Waals surface area (Å²) < 4.78 is 19.2. The molecule has 4 nitrogen and oxygen atoms in total. The monoisotopic (exact) mass is 345 g/mol. The Bertz CT molecular complexity index is 562. The number of halogens is 2. The van der Waals surface area contributed by atoms with E-state index < -0.39 is 0 Å². The average molecular weight is 346 g/mol. The highest BCUT2D eigenvalue weighted by molar-refractivity contribution is 9.10. The van der Waals surface area contributed by atoms with Gasteiger partial charge in [0.05, 0.1) is 11.0 Å². The summed E-state index contributed by atoms with van der Waals surface area (Å²) in [7, 11) is 0. The fourth-order valence-corrected chi connectivity index (χ4v) is 2.19. The molecule has 1 N–H and O–H groups in total. The highest BCUT2D eigenvalue weighted by atomic mass is 79.9. The molecule has 0 bridgehead atoms. The van der Waals surface area contributed by atoms with Crippen LogP contribution in [0.2, 0.25) is 0 Å².